The highest BCUT2D eigenvalue weighted by Crippen LogP contribution is 2.49. The van der Waals surface area contributed by atoms with E-state index in [9.17, 15) is 14.7 Å². The molecule has 35 heavy (non-hydrogen) atoms. The Morgan fingerprint density at radius 2 is 2.00 bits per heavy atom. The van der Waals surface area contributed by atoms with Gasteiger partial charge in [-0.3, -0.25) is 14.5 Å². The Balaban J connectivity index is 1.41. The number of nitrogens with one attached hydrogen (secondary N) is 1. The number of hydrogen-bond acceptors (Lipinski definition) is 5. The van der Waals surface area contributed by atoms with Gasteiger partial charge in [0, 0.05) is 62.5 Å². The van der Waals surface area contributed by atoms with Crippen molar-refractivity contribution in [1.29, 1.82) is 0 Å². The summed E-state index contributed by atoms with van der Waals surface area (Å²) in [6.07, 6.45) is 5.24. The summed E-state index contributed by atoms with van der Waals surface area (Å²) < 4.78 is 3.75. The van der Waals surface area contributed by atoms with Crippen LogP contribution in [0.5, 0.6) is 0 Å². The summed E-state index contributed by atoms with van der Waals surface area (Å²) in [6, 6.07) is 13.2. The minimum atomic E-state index is -0.420. The van der Waals surface area contributed by atoms with E-state index in [2.05, 4.69) is 22.1 Å². The van der Waals surface area contributed by atoms with Crippen LogP contribution in [0.25, 0.3) is 11.1 Å². The SMILES string of the molecule is CCCN1[C@H](C(=O)NCCc2cn(C)cn2)[C@@H](CO)[C@@H]2Cn3c(ccc(-c4ccccc4)c3=O)[C@@H]21. The lowest BCUT2D eigenvalue weighted by Crippen LogP contribution is -2.49. The number of rotatable bonds is 8. The molecule has 2 N–H and O–H groups in total. The molecule has 1 saturated heterocycles. The summed E-state index contributed by atoms with van der Waals surface area (Å²) >= 11 is 0. The molecule has 0 radical (unpaired) electrons. The van der Waals surface area contributed by atoms with Gasteiger partial charge in [0.1, 0.15) is 0 Å². The molecule has 184 valence electrons. The highest BCUT2D eigenvalue weighted by Gasteiger charge is 2.55. The van der Waals surface area contributed by atoms with Crippen LogP contribution in [0.1, 0.15) is 30.8 Å². The predicted octanol–water partition coefficient (Wildman–Crippen LogP) is 1.98. The van der Waals surface area contributed by atoms with Gasteiger partial charge in [-0.25, -0.2) is 4.98 Å². The fourth-order valence-electron chi connectivity index (χ4n) is 5.98. The highest BCUT2D eigenvalue weighted by atomic mass is 16.3. The van der Waals surface area contributed by atoms with E-state index in [4.69, 9.17) is 0 Å². The second-order valence-electron chi connectivity index (χ2n) is 9.66. The zero-order valence-corrected chi connectivity index (χ0v) is 20.3. The van der Waals surface area contributed by atoms with Gasteiger partial charge in [0.05, 0.1) is 24.1 Å². The highest BCUT2D eigenvalue weighted by molar-refractivity contribution is 5.82. The van der Waals surface area contributed by atoms with Crippen LogP contribution in [-0.4, -0.2) is 55.8 Å². The molecule has 2 aliphatic heterocycles. The molecule has 4 atom stereocenters. The van der Waals surface area contributed by atoms with Gasteiger partial charge in [-0.05, 0) is 30.7 Å². The zero-order valence-electron chi connectivity index (χ0n) is 20.3. The topological polar surface area (TPSA) is 92.4 Å². The Bertz CT molecular complexity index is 1250. The summed E-state index contributed by atoms with van der Waals surface area (Å²) in [6.45, 7) is 3.75. The Kier molecular flexibility index (Phi) is 6.58. The number of amides is 1. The summed E-state index contributed by atoms with van der Waals surface area (Å²) in [5.41, 5.74) is 3.45. The van der Waals surface area contributed by atoms with Crippen molar-refractivity contribution in [3.63, 3.8) is 0 Å². The third-order valence-corrected chi connectivity index (χ3v) is 7.46. The molecule has 1 amide bonds. The Hall–Kier alpha value is -3.23. The van der Waals surface area contributed by atoms with E-state index in [0.717, 1.165) is 29.9 Å². The lowest BCUT2D eigenvalue weighted by atomic mass is 9.88. The van der Waals surface area contributed by atoms with Gasteiger partial charge in [0.15, 0.2) is 0 Å². The third-order valence-electron chi connectivity index (χ3n) is 7.46. The number of imidazole rings is 1. The van der Waals surface area contributed by atoms with E-state index >= 15 is 0 Å². The molecule has 0 aliphatic carbocycles. The van der Waals surface area contributed by atoms with Gasteiger partial charge in [0.2, 0.25) is 5.91 Å². The van der Waals surface area contributed by atoms with Gasteiger partial charge in [0.25, 0.3) is 5.56 Å². The molecule has 1 fully saturated rings. The molecule has 0 spiro atoms. The first-order chi connectivity index (χ1) is 17.0. The Labute approximate surface area is 205 Å². The number of aliphatic hydroxyl groups is 1. The van der Waals surface area contributed by atoms with Crippen LogP contribution < -0.4 is 10.9 Å². The molecule has 8 nitrogen and oxygen atoms in total. The molecule has 0 unspecified atom stereocenters. The average Bonchev–Trinajstić information content (AvgIpc) is 3.53. The first kappa shape index (κ1) is 23.5. The van der Waals surface area contributed by atoms with Crippen LogP contribution in [0, 0.1) is 11.8 Å². The Morgan fingerprint density at radius 1 is 1.20 bits per heavy atom. The van der Waals surface area contributed by atoms with E-state index in [-0.39, 0.29) is 36.0 Å². The van der Waals surface area contributed by atoms with Crippen molar-refractivity contribution in [2.75, 3.05) is 19.7 Å². The number of fused-ring (bicyclic) bond motifs is 3. The van der Waals surface area contributed by atoms with Gasteiger partial charge in [-0.1, -0.05) is 37.3 Å². The quantitative estimate of drug-likeness (QED) is 0.520. The minimum absolute atomic E-state index is 0.00685. The summed E-state index contributed by atoms with van der Waals surface area (Å²) in [5.74, 6) is -0.282. The molecule has 1 aromatic carbocycles. The molecule has 3 aromatic rings. The lowest BCUT2D eigenvalue weighted by Gasteiger charge is -2.30. The summed E-state index contributed by atoms with van der Waals surface area (Å²) in [5, 5.41) is 13.5. The number of aromatic nitrogens is 3. The van der Waals surface area contributed by atoms with Gasteiger partial charge in [-0.15, -0.1) is 0 Å². The van der Waals surface area contributed by atoms with Crippen molar-refractivity contribution in [3.05, 3.63) is 76.7 Å². The smallest absolute Gasteiger partial charge is 0.258 e. The monoisotopic (exact) mass is 475 g/mol. The number of nitrogens with zero attached hydrogens (tertiary/aromatic N) is 4. The largest absolute Gasteiger partial charge is 0.396 e. The van der Waals surface area contributed by atoms with Crippen LogP contribution >= 0.6 is 0 Å². The number of carbonyl (C=O) groups excluding carboxylic acids is 1. The van der Waals surface area contributed by atoms with Crippen LogP contribution in [0.2, 0.25) is 0 Å². The summed E-state index contributed by atoms with van der Waals surface area (Å²) in [7, 11) is 1.92. The van der Waals surface area contributed by atoms with E-state index < -0.39 is 6.04 Å². The number of benzene rings is 1. The number of aliphatic hydroxyl groups excluding tert-OH is 1. The van der Waals surface area contributed by atoms with Crippen molar-refractivity contribution >= 4 is 5.91 Å². The van der Waals surface area contributed by atoms with Crippen LogP contribution in [0.3, 0.4) is 0 Å². The molecule has 0 saturated carbocycles. The number of hydrogen-bond donors (Lipinski definition) is 2. The average molecular weight is 476 g/mol. The molecule has 2 aliphatic rings. The van der Waals surface area contributed by atoms with E-state index in [1.807, 2.05) is 64.8 Å². The summed E-state index contributed by atoms with van der Waals surface area (Å²) in [4.78, 5) is 33.4. The van der Waals surface area contributed by atoms with E-state index in [1.54, 1.807) is 6.33 Å². The maximum absolute atomic E-state index is 13.4. The van der Waals surface area contributed by atoms with E-state index in [0.29, 0.717) is 25.1 Å². The van der Waals surface area contributed by atoms with Crippen LogP contribution in [0.4, 0.5) is 0 Å². The molecular weight excluding hydrogens is 442 g/mol. The maximum atomic E-state index is 13.4. The minimum Gasteiger partial charge on any atom is -0.396 e. The molecule has 0 bridgehead atoms. The first-order valence-corrected chi connectivity index (χ1v) is 12.4. The second-order valence-corrected chi connectivity index (χ2v) is 9.66. The van der Waals surface area contributed by atoms with Crippen molar-refractivity contribution in [2.45, 2.75) is 38.4 Å². The molecular formula is C27H33N5O3. The predicted molar refractivity (Wildman–Crippen MR) is 134 cm³/mol. The van der Waals surface area contributed by atoms with Crippen LogP contribution in [-0.2, 0) is 24.8 Å². The molecule has 8 heteroatoms. The van der Waals surface area contributed by atoms with Gasteiger partial charge in [-0.2, -0.15) is 0 Å². The molecule has 5 rings (SSSR count). The van der Waals surface area contributed by atoms with Crippen LogP contribution in [0.15, 0.2) is 59.8 Å². The van der Waals surface area contributed by atoms with E-state index in [1.165, 1.54) is 0 Å². The molecule has 4 heterocycles. The maximum Gasteiger partial charge on any atom is 0.258 e. The third kappa shape index (κ3) is 4.21. The van der Waals surface area contributed by atoms with Crippen molar-refractivity contribution in [1.82, 2.24) is 24.3 Å². The first-order valence-electron chi connectivity index (χ1n) is 12.4. The van der Waals surface area contributed by atoms with Crippen molar-refractivity contribution in [2.24, 2.45) is 18.9 Å². The lowest BCUT2D eigenvalue weighted by molar-refractivity contribution is -0.127. The second kappa shape index (κ2) is 9.79. The normalized spacial score (nSPS) is 23.3. The zero-order chi connectivity index (χ0) is 24.5. The van der Waals surface area contributed by atoms with Crippen molar-refractivity contribution < 1.29 is 9.90 Å². The standard InChI is InChI=1S/C27H33N5O3/c1-3-13-31-24-21(15-32-23(24)10-9-20(27(32)35)18-7-5-4-6-8-18)22(16-33)25(31)26(34)28-12-11-19-14-30(2)17-29-19/h4-10,14,17,21-22,24-25,33H,3,11-13,15-16H2,1-2H3,(H,28,34)/t21-,22-,24+,25-/m0/s1. The number of aryl methyl sites for hydroxylation is 1. The number of likely N-dealkylation sites (tertiary alicyclic amines) is 1. The Morgan fingerprint density at radius 3 is 2.69 bits per heavy atom. The van der Waals surface area contributed by atoms with Gasteiger partial charge < -0.3 is 19.6 Å². The fraction of sp³-hybridized carbons (Fsp3) is 0.444. The number of pyridine rings is 1. The molecule has 2 aromatic heterocycles. The fourth-order valence-corrected chi connectivity index (χ4v) is 5.98. The number of carbonyl (C=O) groups is 1. The van der Waals surface area contributed by atoms with Crippen molar-refractivity contribution in [3.8, 4) is 11.1 Å². The van der Waals surface area contributed by atoms with Gasteiger partial charge >= 0.3 is 0 Å².